The number of aromatic nitrogens is 1. The van der Waals surface area contributed by atoms with Gasteiger partial charge in [-0.15, -0.1) is 0 Å². The number of fused-ring (bicyclic) bond motifs is 1. The zero-order valence-corrected chi connectivity index (χ0v) is 21.1. The number of hydrogen-bond donors (Lipinski definition) is 2. The Hall–Kier alpha value is -3.01. The maximum absolute atomic E-state index is 14.0. The van der Waals surface area contributed by atoms with Gasteiger partial charge in [-0.05, 0) is 43.2 Å². The molecule has 4 rings (SSSR count). The molecule has 184 valence electrons. The Kier molecular flexibility index (Phi) is 7.12. The van der Waals surface area contributed by atoms with Crippen LogP contribution in [0.15, 0.2) is 53.3 Å². The second-order valence-electron chi connectivity index (χ2n) is 7.88. The summed E-state index contributed by atoms with van der Waals surface area (Å²) in [7, 11) is -3.45. The Morgan fingerprint density at radius 1 is 1.26 bits per heavy atom. The van der Waals surface area contributed by atoms with Crippen LogP contribution in [0.2, 0.25) is 10.0 Å². The number of nitrogens with two attached hydrogens (primary N) is 1. The van der Waals surface area contributed by atoms with E-state index in [4.69, 9.17) is 38.1 Å². The summed E-state index contributed by atoms with van der Waals surface area (Å²) >= 11 is 12.4. The minimum Gasteiger partial charge on any atom is -0.478 e. The molecule has 7 nitrogen and oxygen atoms in total. The predicted octanol–water partition coefficient (Wildman–Crippen LogP) is 6.81. The largest absolute Gasteiger partial charge is 0.478 e. The van der Waals surface area contributed by atoms with E-state index in [1.54, 1.807) is 32.0 Å². The first-order valence-corrected chi connectivity index (χ1v) is 13.1. The number of benzene rings is 2. The van der Waals surface area contributed by atoms with Gasteiger partial charge in [-0.3, -0.25) is 4.72 Å². The van der Waals surface area contributed by atoms with Crippen LogP contribution in [0.5, 0.6) is 5.75 Å². The number of nitrogens with zero attached hydrogens (tertiary/aromatic N) is 1. The van der Waals surface area contributed by atoms with Gasteiger partial charge in [-0.1, -0.05) is 42.3 Å². The maximum atomic E-state index is 14.0. The van der Waals surface area contributed by atoms with E-state index in [9.17, 15) is 12.8 Å². The summed E-state index contributed by atoms with van der Waals surface area (Å²) in [5, 5.41) is 0.683. The normalized spacial score (nSPS) is 12.6. The summed E-state index contributed by atoms with van der Waals surface area (Å²) in [5.74, 6) is -0.388. The number of rotatable bonds is 8. The van der Waals surface area contributed by atoms with Gasteiger partial charge in [-0.25, -0.2) is 17.8 Å². The third-order valence-electron chi connectivity index (χ3n) is 5.30. The Balaban J connectivity index is 1.72. The average molecular weight is 538 g/mol. The number of sulfonamides is 1. The molecule has 1 atom stereocenters. The Labute approximate surface area is 212 Å². The summed E-state index contributed by atoms with van der Waals surface area (Å²) in [5.41, 5.74) is 8.44. The van der Waals surface area contributed by atoms with Gasteiger partial charge < -0.3 is 14.9 Å². The number of halogens is 3. The van der Waals surface area contributed by atoms with Crippen molar-refractivity contribution in [2.75, 3.05) is 16.2 Å². The summed E-state index contributed by atoms with van der Waals surface area (Å²) < 4.78 is 52.7. The Morgan fingerprint density at radius 3 is 2.77 bits per heavy atom. The van der Waals surface area contributed by atoms with E-state index >= 15 is 0 Å². The van der Waals surface area contributed by atoms with E-state index in [2.05, 4.69) is 9.71 Å². The number of anilines is 2. The van der Waals surface area contributed by atoms with Gasteiger partial charge in [-0.2, -0.15) is 0 Å². The minimum absolute atomic E-state index is 0.0211. The molecule has 0 saturated carbocycles. The molecular formula is C24H22Cl2FN3O4S. The van der Waals surface area contributed by atoms with Crippen LogP contribution in [0.4, 0.5) is 15.9 Å². The monoisotopic (exact) mass is 537 g/mol. The molecule has 0 fully saturated rings. The highest BCUT2D eigenvalue weighted by atomic mass is 35.5. The van der Waals surface area contributed by atoms with Gasteiger partial charge in [0.05, 0.1) is 22.4 Å². The van der Waals surface area contributed by atoms with Gasteiger partial charge in [0.15, 0.2) is 11.4 Å². The maximum Gasteiger partial charge on any atom is 0.232 e. The molecule has 0 aliphatic heterocycles. The molecule has 0 bridgehead atoms. The van der Waals surface area contributed by atoms with E-state index in [0.717, 1.165) is 0 Å². The smallest absolute Gasteiger partial charge is 0.232 e. The molecule has 35 heavy (non-hydrogen) atoms. The molecule has 0 saturated heterocycles. The molecule has 0 spiro atoms. The standard InChI is InChI=1S/C24H22Cl2FN3O4S/c1-3-9-35(31,32)30-15-6-4-5-14(10-15)17-12-33-22-16(17)11-29-24(28)23(22)34-13(2)20-18(25)7-8-19(27)21(20)26/h4-8,10-13,30H,3,9H2,1-2H3,(H2,28,29). The van der Waals surface area contributed by atoms with Gasteiger partial charge in [0.2, 0.25) is 15.8 Å². The number of pyridine rings is 1. The van der Waals surface area contributed by atoms with Crippen molar-refractivity contribution >= 4 is 55.7 Å². The van der Waals surface area contributed by atoms with Crippen molar-refractivity contribution < 1.29 is 22.0 Å². The third kappa shape index (κ3) is 5.17. The Bertz CT molecular complexity index is 1510. The second-order valence-corrected chi connectivity index (χ2v) is 10.5. The molecule has 0 radical (unpaired) electrons. The summed E-state index contributed by atoms with van der Waals surface area (Å²) in [6, 6.07) is 9.48. The molecule has 11 heteroatoms. The lowest BCUT2D eigenvalue weighted by atomic mass is 10.1. The second kappa shape index (κ2) is 9.93. The SMILES string of the molecule is CCCS(=O)(=O)Nc1cccc(-c2coc3c(OC(C)c4c(Cl)ccc(F)c4Cl)c(N)ncc23)c1. The lowest BCUT2D eigenvalue weighted by Crippen LogP contribution is -2.15. The first-order valence-electron chi connectivity index (χ1n) is 10.7. The van der Waals surface area contributed by atoms with E-state index in [1.165, 1.54) is 24.6 Å². The highest BCUT2D eigenvalue weighted by Gasteiger charge is 2.23. The van der Waals surface area contributed by atoms with Crippen LogP contribution < -0.4 is 15.2 Å². The molecule has 2 aromatic heterocycles. The quantitative estimate of drug-likeness (QED) is 0.239. The third-order valence-corrected chi connectivity index (χ3v) is 7.51. The molecule has 4 aromatic rings. The molecule has 0 amide bonds. The van der Waals surface area contributed by atoms with Crippen molar-refractivity contribution in [1.82, 2.24) is 4.98 Å². The molecule has 0 aliphatic carbocycles. The van der Waals surface area contributed by atoms with E-state index in [1.807, 2.05) is 6.07 Å². The minimum atomic E-state index is -3.45. The number of nitrogens with one attached hydrogen (secondary N) is 1. The number of nitrogen functional groups attached to an aromatic ring is 1. The van der Waals surface area contributed by atoms with Crippen LogP contribution >= 0.6 is 23.2 Å². The Morgan fingerprint density at radius 2 is 2.03 bits per heavy atom. The molecule has 2 aromatic carbocycles. The average Bonchev–Trinajstić information content (AvgIpc) is 3.23. The summed E-state index contributed by atoms with van der Waals surface area (Å²) in [4.78, 5) is 4.22. The first kappa shape index (κ1) is 25.1. The van der Waals surface area contributed by atoms with Crippen molar-refractivity contribution in [3.8, 4) is 16.9 Å². The van der Waals surface area contributed by atoms with Gasteiger partial charge in [0, 0.05) is 28.0 Å². The number of furan rings is 1. The van der Waals surface area contributed by atoms with Crippen LogP contribution in [-0.2, 0) is 10.0 Å². The van der Waals surface area contributed by atoms with Crippen LogP contribution in [0.3, 0.4) is 0 Å². The number of ether oxygens (including phenoxy) is 1. The molecule has 0 aliphatic rings. The summed E-state index contributed by atoms with van der Waals surface area (Å²) in [6.45, 7) is 3.45. The highest BCUT2D eigenvalue weighted by molar-refractivity contribution is 7.92. The van der Waals surface area contributed by atoms with Crippen LogP contribution in [0.25, 0.3) is 22.1 Å². The van der Waals surface area contributed by atoms with Gasteiger partial charge in [0.25, 0.3) is 0 Å². The fourth-order valence-corrected chi connectivity index (χ4v) is 5.52. The van der Waals surface area contributed by atoms with E-state index in [0.29, 0.717) is 34.2 Å². The zero-order valence-electron chi connectivity index (χ0n) is 18.8. The van der Waals surface area contributed by atoms with Crippen molar-refractivity contribution in [1.29, 1.82) is 0 Å². The first-order chi connectivity index (χ1) is 16.6. The molecule has 3 N–H and O–H groups in total. The van der Waals surface area contributed by atoms with Crippen LogP contribution in [-0.4, -0.2) is 19.2 Å². The fourth-order valence-electron chi connectivity index (χ4n) is 3.72. The topological polar surface area (TPSA) is 107 Å². The van der Waals surface area contributed by atoms with Crippen molar-refractivity contribution in [3.63, 3.8) is 0 Å². The molecule has 1 unspecified atom stereocenters. The van der Waals surface area contributed by atoms with Crippen LogP contribution in [0.1, 0.15) is 31.9 Å². The summed E-state index contributed by atoms with van der Waals surface area (Å²) in [6.07, 6.45) is 2.77. The van der Waals surface area contributed by atoms with Crippen molar-refractivity contribution in [2.45, 2.75) is 26.4 Å². The highest BCUT2D eigenvalue weighted by Crippen LogP contribution is 2.41. The van der Waals surface area contributed by atoms with E-state index < -0.39 is 21.9 Å². The van der Waals surface area contributed by atoms with Crippen molar-refractivity contribution in [3.05, 3.63) is 70.3 Å². The van der Waals surface area contributed by atoms with Crippen LogP contribution in [0, 0.1) is 5.82 Å². The fraction of sp³-hybridized carbons (Fsp3) is 0.208. The zero-order chi connectivity index (χ0) is 25.3. The van der Waals surface area contributed by atoms with Gasteiger partial charge in [0.1, 0.15) is 11.9 Å². The molecule has 2 heterocycles. The lowest BCUT2D eigenvalue weighted by Gasteiger charge is -2.18. The van der Waals surface area contributed by atoms with E-state index in [-0.39, 0.29) is 32.9 Å². The lowest BCUT2D eigenvalue weighted by molar-refractivity contribution is 0.227. The van der Waals surface area contributed by atoms with Gasteiger partial charge >= 0.3 is 0 Å². The number of hydrogen-bond acceptors (Lipinski definition) is 6. The predicted molar refractivity (Wildman–Crippen MR) is 137 cm³/mol. The van der Waals surface area contributed by atoms with Crippen molar-refractivity contribution in [2.24, 2.45) is 0 Å². The molecular weight excluding hydrogens is 516 g/mol.